The molecule has 208 valence electrons. The maximum atomic E-state index is 13.8. The number of amides is 1. The van der Waals surface area contributed by atoms with E-state index >= 15 is 0 Å². The number of aromatic nitrogens is 2. The van der Waals surface area contributed by atoms with Gasteiger partial charge in [0.25, 0.3) is 0 Å². The van der Waals surface area contributed by atoms with Crippen molar-refractivity contribution in [2.75, 3.05) is 4.90 Å². The molecule has 5 rings (SSSR count). The van der Waals surface area contributed by atoms with Gasteiger partial charge in [-0.05, 0) is 77.9 Å². The monoisotopic (exact) mass is 580 g/mol. The molecule has 3 aromatic carbocycles. The van der Waals surface area contributed by atoms with Gasteiger partial charge < -0.3 is 9.47 Å². The van der Waals surface area contributed by atoms with Crippen LogP contribution in [0, 0.1) is 5.82 Å². The number of imidazole rings is 1. The highest BCUT2D eigenvalue weighted by molar-refractivity contribution is 7.89. The van der Waals surface area contributed by atoms with Crippen molar-refractivity contribution < 1.29 is 17.6 Å². The quantitative estimate of drug-likeness (QED) is 0.267. The second kappa shape index (κ2) is 11.5. The van der Waals surface area contributed by atoms with E-state index in [1.807, 2.05) is 49.0 Å². The van der Waals surface area contributed by atoms with Gasteiger partial charge in [-0.2, -0.15) is 0 Å². The van der Waals surface area contributed by atoms with E-state index in [9.17, 15) is 17.6 Å². The lowest BCUT2D eigenvalue weighted by molar-refractivity contribution is -0.119. The van der Waals surface area contributed by atoms with Gasteiger partial charge in [-0.3, -0.25) is 4.79 Å². The molecule has 2 atom stereocenters. The third kappa shape index (κ3) is 6.11. The van der Waals surface area contributed by atoms with Crippen LogP contribution in [0.2, 0.25) is 5.02 Å². The Morgan fingerprint density at radius 2 is 1.98 bits per heavy atom. The zero-order valence-electron chi connectivity index (χ0n) is 22.2. The second-order valence-corrected chi connectivity index (χ2v) is 12.3. The van der Waals surface area contributed by atoms with E-state index in [0.29, 0.717) is 29.4 Å². The minimum Gasteiger partial charge on any atom is -0.337 e. The molecule has 0 spiro atoms. The van der Waals surface area contributed by atoms with Crippen molar-refractivity contribution in [3.8, 4) is 0 Å². The fourth-order valence-electron chi connectivity index (χ4n) is 5.09. The molecule has 7 nitrogen and oxygen atoms in total. The number of anilines is 1. The predicted octanol–water partition coefficient (Wildman–Crippen LogP) is 5.91. The minimum absolute atomic E-state index is 0.0996. The number of halogens is 2. The molecular weight excluding hydrogens is 551 g/mol. The molecule has 0 aliphatic heterocycles. The maximum Gasteiger partial charge on any atom is 0.241 e. The molecule has 1 aliphatic carbocycles. The van der Waals surface area contributed by atoms with Crippen LogP contribution in [0.1, 0.15) is 54.2 Å². The Labute approximate surface area is 238 Å². The fraction of sp³-hybridized carbons (Fsp3) is 0.267. The molecule has 10 heteroatoms. The van der Waals surface area contributed by atoms with Crippen molar-refractivity contribution in [3.05, 3.63) is 112 Å². The van der Waals surface area contributed by atoms with Crippen LogP contribution in [0.5, 0.6) is 0 Å². The molecule has 1 aromatic heterocycles. The maximum absolute atomic E-state index is 13.8. The fourth-order valence-corrected chi connectivity index (χ4v) is 6.64. The smallest absolute Gasteiger partial charge is 0.241 e. The van der Waals surface area contributed by atoms with Crippen molar-refractivity contribution in [2.24, 2.45) is 7.05 Å². The van der Waals surface area contributed by atoms with Gasteiger partial charge in [0.2, 0.25) is 15.9 Å². The van der Waals surface area contributed by atoms with Gasteiger partial charge in [0, 0.05) is 42.6 Å². The average Bonchev–Trinajstić information content (AvgIpc) is 3.51. The van der Waals surface area contributed by atoms with Crippen LogP contribution in [0.25, 0.3) is 0 Å². The van der Waals surface area contributed by atoms with Gasteiger partial charge >= 0.3 is 0 Å². The van der Waals surface area contributed by atoms with Gasteiger partial charge in [-0.1, -0.05) is 42.8 Å². The van der Waals surface area contributed by atoms with Crippen molar-refractivity contribution in [1.29, 1.82) is 0 Å². The number of carbonyl (C=O) groups is 1. The molecule has 1 amide bonds. The Balaban J connectivity index is 1.44. The molecule has 1 N–H and O–H groups in total. The summed E-state index contributed by atoms with van der Waals surface area (Å²) in [4.78, 5) is 19.9. The topological polar surface area (TPSA) is 84.3 Å². The van der Waals surface area contributed by atoms with Crippen molar-refractivity contribution in [2.45, 2.75) is 49.6 Å². The Bertz CT molecular complexity index is 1660. The Hall–Kier alpha value is -3.53. The number of nitrogens with one attached hydrogen (secondary N) is 1. The molecule has 1 heterocycles. The first kappa shape index (κ1) is 28.0. The van der Waals surface area contributed by atoms with Crippen LogP contribution < -0.4 is 9.62 Å². The molecule has 40 heavy (non-hydrogen) atoms. The van der Waals surface area contributed by atoms with Crippen LogP contribution in [-0.4, -0.2) is 23.9 Å². The minimum atomic E-state index is -3.81. The van der Waals surface area contributed by atoms with Crippen LogP contribution in [-0.2, 0) is 34.8 Å². The van der Waals surface area contributed by atoms with Crippen LogP contribution in [0.4, 0.5) is 10.1 Å². The highest BCUT2D eigenvalue weighted by atomic mass is 35.5. The standard InChI is InChI=1S/C30H30ClFN4O3S/c1-20(22-5-3-7-24(32)16-22)15-30(37)36(19-29-33-13-14-35(29)2)25-11-9-21-10-12-28(27(21)18-25)34-40(38,39)26-8-4-6-23(31)17-26/h3-9,11,13-14,16-18,20,28,34H,10,12,15,19H2,1-2H3/t20-,28+/m1/s1. The van der Waals surface area contributed by atoms with E-state index in [2.05, 4.69) is 9.71 Å². The van der Waals surface area contributed by atoms with E-state index in [0.717, 1.165) is 16.7 Å². The highest BCUT2D eigenvalue weighted by Crippen LogP contribution is 2.36. The lowest BCUT2D eigenvalue weighted by atomic mass is 9.96. The summed E-state index contributed by atoms with van der Waals surface area (Å²) in [6, 6.07) is 17.7. The molecule has 0 saturated carbocycles. The number of sulfonamides is 1. The number of nitrogens with zero attached hydrogens (tertiary/aromatic N) is 3. The first-order valence-electron chi connectivity index (χ1n) is 13.0. The lowest BCUT2D eigenvalue weighted by Gasteiger charge is -2.26. The van der Waals surface area contributed by atoms with Gasteiger partial charge in [-0.15, -0.1) is 0 Å². The average molecular weight is 581 g/mol. The summed E-state index contributed by atoms with van der Waals surface area (Å²) in [6.07, 6.45) is 4.97. The van der Waals surface area contributed by atoms with E-state index in [-0.39, 0.29) is 35.5 Å². The third-order valence-electron chi connectivity index (χ3n) is 7.34. The first-order valence-corrected chi connectivity index (χ1v) is 14.9. The van der Waals surface area contributed by atoms with Crippen molar-refractivity contribution in [3.63, 3.8) is 0 Å². The molecule has 0 bridgehead atoms. The Kier molecular flexibility index (Phi) is 8.07. The summed E-state index contributed by atoms with van der Waals surface area (Å²) in [6.45, 7) is 2.13. The number of aryl methyl sites for hydroxylation is 2. The number of carbonyl (C=O) groups excluding carboxylic acids is 1. The number of benzene rings is 3. The molecule has 0 saturated heterocycles. The summed E-state index contributed by atoms with van der Waals surface area (Å²) in [5, 5.41) is 0.341. The van der Waals surface area contributed by atoms with Crippen LogP contribution >= 0.6 is 11.6 Å². The Morgan fingerprint density at radius 3 is 2.70 bits per heavy atom. The molecule has 4 aromatic rings. The van der Waals surface area contributed by atoms with E-state index in [1.165, 1.54) is 24.3 Å². The van der Waals surface area contributed by atoms with Gasteiger partial charge in [0.05, 0.1) is 11.4 Å². The molecule has 0 unspecified atom stereocenters. The van der Waals surface area contributed by atoms with Crippen LogP contribution in [0.3, 0.4) is 0 Å². The zero-order valence-corrected chi connectivity index (χ0v) is 23.8. The predicted molar refractivity (Wildman–Crippen MR) is 153 cm³/mol. The van der Waals surface area contributed by atoms with Crippen molar-refractivity contribution >= 4 is 33.2 Å². The molecule has 0 fully saturated rings. The summed E-state index contributed by atoms with van der Waals surface area (Å²) in [7, 11) is -1.95. The first-order chi connectivity index (χ1) is 19.1. The summed E-state index contributed by atoms with van der Waals surface area (Å²) < 4.78 is 44.8. The lowest BCUT2D eigenvalue weighted by Crippen LogP contribution is -2.32. The van der Waals surface area contributed by atoms with E-state index in [1.54, 1.807) is 29.3 Å². The molecule has 0 radical (unpaired) electrons. The van der Waals surface area contributed by atoms with E-state index < -0.39 is 16.1 Å². The summed E-state index contributed by atoms with van der Waals surface area (Å²) in [5.74, 6) is 0.00421. The normalized spacial score (nSPS) is 15.6. The Morgan fingerprint density at radius 1 is 1.18 bits per heavy atom. The third-order valence-corrected chi connectivity index (χ3v) is 9.05. The summed E-state index contributed by atoms with van der Waals surface area (Å²) in [5.41, 5.74) is 3.25. The zero-order chi connectivity index (χ0) is 28.4. The largest absolute Gasteiger partial charge is 0.337 e. The number of rotatable bonds is 9. The molecular formula is C30H30ClFN4O3S. The van der Waals surface area contributed by atoms with Crippen molar-refractivity contribution in [1.82, 2.24) is 14.3 Å². The number of hydrogen-bond donors (Lipinski definition) is 1. The van der Waals surface area contributed by atoms with Gasteiger partial charge in [-0.25, -0.2) is 22.5 Å². The SMILES string of the molecule is C[C@H](CC(=O)N(Cc1nccn1C)c1ccc2c(c1)[C@@H](NS(=O)(=O)c1cccc(Cl)c1)CC2)c1cccc(F)c1. The second-order valence-electron chi connectivity index (χ2n) is 10.1. The number of fused-ring (bicyclic) bond motifs is 1. The van der Waals surface area contributed by atoms with Gasteiger partial charge in [0.1, 0.15) is 11.6 Å². The molecule has 1 aliphatic rings. The van der Waals surface area contributed by atoms with Gasteiger partial charge in [0.15, 0.2) is 0 Å². The van der Waals surface area contributed by atoms with E-state index in [4.69, 9.17) is 11.6 Å². The number of hydrogen-bond acceptors (Lipinski definition) is 4. The highest BCUT2D eigenvalue weighted by Gasteiger charge is 2.30. The van der Waals surface area contributed by atoms with Crippen LogP contribution in [0.15, 0.2) is 84.0 Å². The summed E-state index contributed by atoms with van der Waals surface area (Å²) >= 11 is 6.03.